The van der Waals surface area contributed by atoms with Crippen LogP contribution >= 0.6 is 12.6 Å². The molecule has 1 aromatic heterocycles. The molecule has 0 aliphatic carbocycles. The van der Waals surface area contributed by atoms with E-state index in [1.807, 2.05) is 13.0 Å². The molecule has 1 heterocycles. The number of hydrogen-bond acceptors (Lipinski definition) is 4. The van der Waals surface area contributed by atoms with Gasteiger partial charge in [-0.1, -0.05) is 6.07 Å². The summed E-state index contributed by atoms with van der Waals surface area (Å²) in [4.78, 5) is 16.8. The van der Waals surface area contributed by atoms with Crippen molar-refractivity contribution in [3.8, 4) is 0 Å². The summed E-state index contributed by atoms with van der Waals surface area (Å²) in [7, 11) is 0. The van der Waals surface area contributed by atoms with Crippen LogP contribution in [-0.2, 0) is 4.79 Å². The molecule has 1 rings (SSSR count). The first-order valence-corrected chi connectivity index (χ1v) is 5.35. The molecule has 1 atom stereocenters. The van der Waals surface area contributed by atoms with E-state index in [1.165, 1.54) is 0 Å². The maximum Gasteiger partial charge on any atom is 0.327 e. The normalized spacial score (nSPS) is 12.1. The average Bonchev–Trinajstić information content (AvgIpc) is 2.26. The summed E-state index contributed by atoms with van der Waals surface area (Å²) in [6.45, 7) is 2.49. The van der Waals surface area contributed by atoms with E-state index < -0.39 is 12.0 Å². The summed E-state index contributed by atoms with van der Waals surface area (Å²) < 4.78 is 0. The van der Waals surface area contributed by atoms with E-state index in [0.717, 1.165) is 0 Å². The van der Waals surface area contributed by atoms with Gasteiger partial charge in [0, 0.05) is 18.5 Å². The molecule has 1 unspecified atom stereocenters. The molecule has 5 heteroatoms. The van der Waals surface area contributed by atoms with Crippen LogP contribution in [0.15, 0.2) is 24.4 Å². The van der Waals surface area contributed by atoms with Crippen molar-refractivity contribution in [3.05, 3.63) is 24.4 Å². The molecule has 0 aromatic carbocycles. The summed E-state index contributed by atoms with van der Waals surface area (Å²) >= 11 is 4.05. The monoisotopic (exact) mass is 226 g/mol. The van der Waals surface area contributed by atoms with Gasteiger partial charge in [0.1, 0.15) is 11.9 Å². The van der Waals surface area contributed by atoms with Crippen molar-refractivity contribution in [2.24, 2.45) is 0 Å². The topological polar surface area (TPSA) is 53.4 Å². The van der Waals surface area contributed by atoms with Crippen molar-refractivity contribution in [3.63, 3.8) is 0 Å². The third-order valence-corrected chi connectivity index (χ3v) is 2.46. The number of anilines is 1. The number of hydrogen-bond donors (Lipinski definition) is 2. The molecule has 0 amide bonds. The lowest BCUT2D eigenvalue weighted by atomic mass is 10.2. The van der Waals surface area contributed by atoms with E-state index in [2.05, 4.69) is 17.6 Å². The van der Waals surface area contributed by atoms with Crippen molar-refractivity contribution >= 4 is 24.4 Å². The fourth-order valence-electron chi connectivity index (χ4n) is 1.38. The van der Waals surface area contributed by atoms with Gasteiger partial charge in [-0.05, 0) is 19.1 Å². The quantitative estimate of drug-likeness (QED) is 0.743. The van der Waals surface area contributed by atoms with Crippen LogP contribution in [0, 0.1) is 0 Å². The van der Waals surface area contributed by atoms with E-state index in [0.29, 0.717) is 12.4 Å². The maximum absolute atomic E-state index is 11.0. The van der Waals surface area contributed by atoms with E-state index >= 15 is 0 Å². The van der Waals surface area contributed by atoms with Crippen molar-refractivity contribution in [1.29, 1.82) is 0 Å². The molecule has 0 radical (unpaired) electrons. The highest BCUT2D eigenvalue weighted by molar-refractivity contribution is 7.80. The number of carbonyl (C=O) groups is 1. The predicted octanol–water partition coefficient (Wildman–Crippen LogP) is 1.29. The Kier molecular flexibility index (Phi) is 4.42. The molecule has 82 valence electrons. The van der Waals surface area contributed by atoms with Crippen LogP contribution in [0.25, 0.3) is 0 Å². The second-order valence-corrected chi connectivity index (χ2v) is 3.38. The Morgan fingerprint density at radius 3 is 2.80 bits per heavy atom. The highest BCUT2D eigenvalue weighted by Crippen LogP contribution is 2.13. The summed E-state index contributed by atoms with van der Waals surface area (Å²) in [6, 6.07) is 4.80. The Morgan fingerprint density at radius 1 is 1.67 bits per heavy atom. The molecule has 0 saturated carbocycles. The van der Waals surface area contributed by atoms with E-state index in [1.54, 1.807) is 23.2 Å². The minimum atomic E-state index is -0.877. The van der Waals surface area contributed by atoms with Crippen molar-refractivity contribution < 1.29 is 9.90 Å². The fraction of sp³-hybridized carbons (Fsp3) is 0.400. The van der Waals surface area contributed by atoms with Gasteiger partial charge in [-0.15, -0.1) is 0 Å². The van der Waals surface area contributed by atoms with Gasteiger partial charge < -0.3 is 10.0 Å². The minimum absolute atomic E-state index is 0.264. The van der Waals surface area contributed by atoms with Crippen LogP contribution in [0.4, 0.5) is 5.82 Å². The van der Waals surface area contributed by atoms with E-state index in [9.17, 15) is 4.79 Å². The minimum Gasteiger partial charge on any atom is -0.480 e. The number of rotatable bonds is 5. The predicted molar refractivity (Wildman–Crippen MR) is 62.5 cm³/mol. The Labute approximate surface area is 94.3 Å². The zero-order chi connectivity index (χ0) is 11.3. The second kappa shape index (κ2) is 5.60. The van der Waals surface area contributed by atoms with Gasteiger partial charge in [0.25, 0.3) is 0 Å². The molecule has 1 N–H and O–H groups in total. The van der Waals surface area contributed by atoms with Gasteiger partial charge in [-0.2, -0.15) is 12.6 Å². The zero-order valence-corrected chi connectivity index (χ0v) is 9.39. The highest BCUT2D eigenvalue weighted by atomic mass is 32.1. The van der Waals surface area contributed by atoms with E-state index in [-0.39, 0.29) is 5.75 Å². The number of aromatic nitrogens is 1. The number of nitrogens with zero attached hydrogens (tertiary/aromatic N) is 2. The molecule has 0 fully saturated rings. The Hall–Kier alpha value is -1.23. The largest absolute Gasteiger partial charge is 0.480 e. The Balaban J connectivity index is 2.92. The molecule has 0 bridgehead atoms. The fourth-order valence-corrected chi connectivity index (χ4v) is 1.73. The van der Waals surface area contributed by atoms with Crippen LogP contribution in [0.2, 0.25) is 0 Å². The maximum atomic E-state index is 11.0. The molecular weight excluding hydrogens is 212 g/mol. The number of pyridine rings is 1. The van der Waals surface area contributed by atoms with Gasteiger partial charge in [0.15, 0.2) is 0 Å². The number of carboxylic acids is 1. The molecule has 0 saturated heterocycles. The lowest BCUT2D eigenvalue weighted by Gasteiger charge is -2.27. The first kappa shape index (κ1) is 11.8. The average molecular weight is 226 g/mol. The van der Waals surface area contributed by atoms with Gasteiger partial charge >= 0.3 is 5.97 Å². The van der Waals surface area contributed by atoms with Crippen LogP contribution in [0.1, 0.15) is 6.92 Å². The van der Waals surface area contributed by atoms with E-state index in [4.69, 9.17) is 5.11 Å². The standard InChI is InChI=1S/C10H14N2O2S/c1-2-12(8(7-15)10(13)14)9-5-3-4-6-11-9/h3-6,8,15H,2,7H2,1H3,(H,13,14). The third kappa shape index (κ3) is 2.86. The van der Waals surface area contributed by atoms with Crippen LogP contribution in [0.3, 0.4) is 0 Å². The molecule has 15 heavy (non-hydrogen) atoms. The van der Waals surface area contributed by atoms with Crippen molar-refractivity contribution in [1.82, 2.24) is 4.98 Å². The molecule has 0 aliphatic heterocycles. The Morgan fingerprint density at radius 2 is 2.40 bits per heavy atom. The summed E-state index contributed by atoms with van der Waals surface area (Å²) in [5, 5.41) is 9.02. The lowest BCUT2D eigenvalue weighted by molar-refractivity contribution is -0.138. The van der Waals surface area contributed by atoms with Gasteiger partial charge in [-0.25, -0.2) is 9.78 Å². The number of carboxylic acid groups (broad SMARTS) is 1. The van der Waals surface area contributed by atoms with Crippen molar-refractivity contribution in [2.75, 3.05) is 17.2 Å². The van der Waals surface area contributed by atoms with Crippen LogP contribution in [0.5, 0.6) is 0 Å². The molecule has 1 aromatic rings. The summed E-state index contributed by atoms with van der Waals surface area (Å²) in [5.74, 6) is 0.0543. The lowest BCUT2D eigenvalue weighted by Crippen LogP contribution is -2.43. The van der Waals surface area contributed by atoms with Crippen molar-refractivity contribution in [2.45, 2.75) is 13.0 Å². The van der Waals surface area contributed by atoms with Gasteiger partial charge in [-0.3, -0.25) is 0 Å². The smallest absolute Gasteiger partial charge is 0.327 e. The zero-order valence-electron chi connectivity index (χ0n) is 8.50. The molecule has 0 spiro atoms. The number of aliphatic carboxylic acids is 1. The highest BCUT2D eigenvalue weighted by Gasteiger charge is 2.23. The summed E-state index contributed by atoms with van der Waals surface area (Å²) in [6.07, 6.45) is 1.65. The number of likely N-dealkylation sites (N-methyl/N-ethyl adjacent to an activating group) is 1. The Bertz CT molecular complexity index is 318. The van der Waals surface area contributed by atoms with Crippen LogP contribution in [-0.4, -0.2) is 34.4 Å². The second-order valence-electron chi connectivity index (χ2n) is 3.01. The first-order valence-electron chi connectivity index (χ1n) is 4.72. The SMILES string of the molecule is CCN(c1ccccn1)C(CS)C(=O)O. The van der Waals surface area contributed by atoms with Gasteiger partial charge in [0.2, 0.25) is 0 Å². The third-order valence-electron chi connectivity index (χ3n) is 2.12. The summed E-state index contributed by atoms with van der Waals surface area (Å²) in [5.41, 5.74) is 0. The molecule has 0 aliphatic rings. The molecular formula is C10H14N2O2S. The van der Waals surface area contributed by atoms with Gasteiger partial charge in [0.05, 0.1) is 0 Å². The first-order chi connectivity index (χ1) is 7.20. The molecule has 4 nitrogen and oxygen atoms in total. The number of thiol groups is 1. The van der Waals surface area contributed by atoms with Crippen LogP contribution < -0.4 is 4.90 Å².